The summed E-state index contributed by atoms with van der Waals surface area (Å²) >= 11 is 0. The van der Waals surface area contributed by atoms with Gasteiger partial charge in [-0.05, 0) is 110 Å². The number of hydrogen-bond donors (Lipinski definition) is 0. The monoisotopic (exact) mass is 800 g/mol. The van der Waals surface area contributed by atoms with Crippen LogP contribution in [0.25, 0.3) is 72.0 Å². The smallest absolute Gasteiger partial charge is 0.0726 e. The Balaban J connectivity index is 1.14. The van der Waals surface area contributed by atoms with E-state index in [4.69, 9.17) is 0 Å². The Kier molecular flexibility index (Phi) is 7.85. The number of hydrogen-bond acceptors (Lipinski definition) is 1. The van der Waals surface area contributed by atoms with Gasteiger partial charge in [0.2, 0.25) is 0 Å². The maximum atomic E-state index is 2.52. The molecule has 0 unspecified atom stereocenters. The minimum Gasteiger partial charge on any atom is -0.309 e. The second kappa shape index (κ2) is 13.9. The number of para-hydroxylation sites is 3. The molecule has 11 aromatic rings. The van der Waals surface area contributed by atoms with Crippen molar-refractivity contribution in [3.05, 3.63) is 265 Å². The lowest BCUT2D eigenvalue weighted by molar-refractivity contribution is 0.794. The van der Waals surface area contributed by atoms with Crippen LogP contribution in [-0.4, -0.2) is 4.57 Å². The fourth-order valence-corrected chi connectivity index (χ4v) is 11.0. The molecule has 0 N–H and O–H groups in total. The first-order chi connectivity index (χ1) is 31.3. The normalized spacial score (nSPS) is 12.9. The number of rotatable bonds is 6. The lowest BCUT2D eigenvalue weighted by Gasteiger charge is -2.33. The summed E-state index contributed by atoms with van der Waals surface area (Å²) < 4.78 is 2.40. The first-order valence-electron chi connectivity index (χ1n) is 21.9. The predicted molar refractivity (Wildman–Crippen MR) is 263 cm³/mol. The van der Waals surface area contributed by atoms with Gasteiger partial charge >= 0.3 is 0 Å². The van der Waals surface area contributed by atoms with Gasteiger partial charge < -0.3 is 9.47 Å². The molecular formula is C61H40N2. The van der Waals surface area contributed by atoms with Crippen LogP contribution >= 0.6 is 0 Å². The van der Waals surface area contributed by atoms with Crippen molar-refractivity contribution >= 4 is 38.9 Å². The summed E-state index contributed by atoms with van der Waals surface area (Å²) in [4.78, 5) is 2.52. The zero-order chi connectivity index (χ0) is 41.5. The van der Waals surface area contributed by atoms with E-state index >= 15 is 0 Å². The minimum atomic E-state index is -0.487. The van der Waals surface area contributed by atoms with Crippen LogP contribution in [0, 0.1) is 0 Å². The van der Waals surface area contributed by atoms with E-state index in [2.05, 4.69) is 252 Å². The highest BCUT2D eigenvalue weighted by molar-refractivity contribution is 6.12. The Bertz CT molecular complexity index is 3500. The molecule has 13 rings (SSSR count). The number of fused-ring (bicyclic) bond motifs is 13. The van der Waals surface area contributed by atoms with E-state index in [9.17, 15) is 0 Å². The first kappa shape index (κ1) is 35.5. The molecule has 0 saturated carbocycles. The predicted octanol–water partition coefficient (Wildman–Crippen LogP) is 15.9. The fourth-order valence-electron chi connectivity index (χ4n) is 11.0. The molecular weight excluding hydrogens is 761 g/mol. The van der Waals surface area contributed by atoms with Crippen LogP contribution in [0.4, 0.5) is 17.1 Å². The van der Waals surface area contributed by atoms with Gasteiger partial charge in [0.15, 0.2) is 0 Å². The van der Waals surface area contributed by atoms with Crippen molar-refractivity contribution in [3.8, 4) is 50.2 Å². The SMILES string of the molecule is c1ccc(-c2ccc(N(c3ccccc3)c3c(-c4ccc5c(c4)c4ccccc4n5-c4ccccc4)ccc4c3-c3ccccc3C43c4ccccc4-c4ccccc43)cc2)cc1. The second-order valence-electron chi connectivity index (χ2n) is 16.8. The molecule has 10 aromatic carbocycles. The van der Waals surface area contributed by atoms with Crippen LogP contribution in [0.15, 0.2) is 243 Å². The maximum Gasteiger partial charge on any atom is 0.0726 e. The van der Waals surface area contributed by atoms with Crippen molar-refractivity contribution in [2.24, 2.45) is 0 Å². The summed E-state index contributed by atoms with van der Waals surface area (Å²) in [6.45, 7) is 0. The lowest BCUT2D eigenvalue weighted by Crippen LogP contribution is -2.26. The average Bonchev–Trinajstić information content (AvgIpc) is 3.97. The summed E-state index contributed by atoms with van der Waals surface area (Å²) in [7, 11) is 0. The number of nitrogens with zero attached hydrogens (tertiary/aromatic N) is 2. The van der Waals surface area contributed by atoms with Crippen molar-refractivity contribution in [3.63, 3.8) is 0 Å². The molecule has 63 heavy (non-hydrogen) atoms. The topological polar surface area (TPSA) is 8.17 Å². The summed E-state index contributed by atoms with van der Waals surface area (Å²) in [5, 5.41) is 2.47. The Morgan fingerprint density at radius 1 is 0.317 bits per heavy atom. The van der Waals surface area contributed by atoms with Gasteiger partial charge in [-0.2, -0.15) is 0 Å². The molecule has 1 heterocycles. The van der Waals surface area contributed by atoms with Gasteiger partial charge in [-0.3, -0.25) is 0 Å². The van der Waals surface area contributed by atoms with E-state index in [-0.39, 0.29) is 0 Å². The van der Waals surface area contributed by atoms with Gasteiger partial charge in [0.05, 0.1) is 22.1 Å². The summed E-state index contributed by atoms with van der Waals surface area (Å²) in [6.07, 6.45) is 0. The molecule has 0 radical (unpaired) electrons. The Labute approximate surface area is 367 Å². The number of anilines is 3. The first-order valence-corrected chi connectivity index (χ1v) is 21.9. The van der Waals surface area contributed by atoms with E-state index in [1.165, 1.54) is 94.3 Å². The molecule has 294 valence electrons. The molecule has 0 fully saturated rings. The standard InChI is InChI=1S/C61H40N2/c1-4-18-41(19-5-1)42-32-35-46(36-33-42)62(44-20-6-2-7-21-44)60-47(43-34-39-58-52(40-43)50-26-13-17-31-57(50)63(58)45-22-8-3-9-23-45)37-38-56-59(60)51-27-12-16-30-55(51)61(56)53-28-14-10-24-48(53)49-25-11-15-29-54(49)61/h1-40H. The van der Waals surface area contributed by atoms with Crippen LogP contribution in [0.3, 0.4) is 0 Å². The average molecular weight is 801 g/mol. The van der Waals surface area contributed by atoms with Gasteiger partial charge in [0.25, 0.3) is 0 Å². The summed E-state index contributed by atoms with van der Waals surface area (Å²) in [5.41, 5.74) is 21.6. The summed E-state index contributed by atoms with van der Waals surface area (Å²) in [6, 6.07) is 89.6. The quantitative estimate of drug-likeness (QED) is 0.163. The van der Waals surface area contributed by atoms with Crippen molar-refractivity contribution in [1.29, 1.82) is 0 Å². The van der Waals surface area contributed by atoms with E-state index in [0.29, 0.717) is 0 Å². The van der Waals surface area contributed by atoms with E-state index in [0.717, 1.165) is 17.1 Å². The second-order valence-corrected chi connectivity index (χ2v) is 16.8. The van der Waals surface area contributed by atoms with Crippen molar-refractivity contribution in [2.75, 3.05) is 4.90 Å². The largest absolute Gasteiger partial charge is 0.309 e. The highest BCUT2D eigenvalue weighted by Gasteiger charge is 2.52. The fraction of sp³-hybridized carbons (Fsp3) is 0.0164. The van der Waals surface area contributed by atoms with Crippen LogP contribution in [0.5, 0.6) is 0 Å². The van der Waals surface area contributed by atoms with Gasteiger partial charge in [-0.1, -0.05) is 188 Å². The number of aromatic nitrogens is 1. The third-order valence-corrected chi connectivity index (χ3v) is 13.6. The Hall–Kier alpha value is -8.20. The molecule has 0 saturated heterocycles. The van der Waals surface area contributed by atoms with Gasteiger partial charge in [0, 0.05) is 39.0 Å². The van der Waals surface area contributed by atoms with Crippen LogP contribution in [0.1, 0.15) is 22.3 Å². The van der Waals surface area contributed by atoms with Crippen LogP contribution in [0.2, 0.25) is 0 Å². The van der Waals surface area contributed by atoms with Crippen LogP contribution in [-0.2, 0) is 5.41 Å². The van der Waals surface area contributed by atoms with Gasteiger partial charge in [0.1, 0.15) is 0 Å². The molecule has 1 spiro atoms. The third kappa shape index (κ3) is 5.13. The molecule has 1 aromatic heterocycles. The molecule has 2 nitrogen and oxygen atoms in total. The van der Waals surface area contributed by atoms with Crippen molar-refractivity contribution < 1.29 is 0 Å². The van der Waals surface area contributed by atoms with Crippen LogP contribution < -0.4 is 4.90 Å². The van der Waals surface area contributed by atoms with Gasteiger partial charge in [-0.25, -0.2) is 0 Å². The molecule has 2 aliphatic carbocycles. The highest BCUT2D eigenvalue weighted by Crippen LogP contribution is 2.65. The molecule has 0 bridgehead atoms. The molecule has 0 aliphatic heterocycles. The van der Waals surface area contributed by atoms with E-state index in [1.807, 2.05) is 0 Å². The maximum absolute atomic E-state index is 2.52. The third-order valence-electron chi connectivity index (χ3n) is 13.6. The molecule has 2 heteroatoms. The lowest BCUT2D eigenvalue weighted by atomic mass is 9.70. The molecule has 0 amide bonds. The van der Waals surface area contributed by atoms with Crippen molar-refractivity contribution in [2.45, 2.75) is 5.41 Å². The summed E-state index contributed by atoms with van der Waals surface area (Å²) in [5.74, 6) is 0. The van der Waals surface area contributed by atoms with Crippen molar-refractivity contribution in [1.82, 2.24) is 4.57 Å². The minimum absolute atomic E-state index is 0.487. The van der Waals surface area contributed by atoms with Gasteiger partial charge in [-0.15, -0.1) is 0 Å². The molecule has 0 atom stereocenters. The number of benzene rings is 10. The molecule has 2 aliphatic rings. The Morgan fingerprint density at radius 3 is 1.52 bits per heavy atom. The zero-order valence-electron chi connectivity index (χ0n) is 34.5. The highest BCUT2D eigenvalue weighted by atomic mass is 15.1. The van der Waals surface area contributed by atoms with E-state index < -0.39 is 5.41 Å². The Morgan fingerprint density at radius 2 is 0.825 bits per heavy atom. The van der Waals surface area contributed by atoms with E-state index in [1.54, 1.807) is 0 Å². The zero-order valence-corrected chi connectivity index (χ0v) is 34.5.